The van der Waals surface area contributed by atoms with Gasteiger partial charge in [0.1, 0.15) is 0 Å². The van der Waals surface area contributed by atoms with Crippen molar-refractivity contribution in [1.82, 2.24) is 9.29 Å². The molecule has 0 radical (unpaired) electrons. The van der Waals surface area contributed by atoms with Gasteiger partial charge in [-0.15, -0.1) is 12.4 Å². The zero-order valence-electron chi connectivity index (χ0n) is 14.6. The Morgan fingerprint density at radius 1 is 0.962 bits per heavy atom. The van der Waals surface area contributed by atoms with Crippen LogP contribution in [0.1, 0.15) is 18.4 Å². The highest BCUT2D eigenvalue weighted by Crippen LogP contribution is 2.27. The largest absolute Gasteiger partial charge is 0.248 e. The van der Waals surface area contributed by atoms with Crippen LogP contribution in [-0.4, -0.2) is 30.8 Å². The Bertz CT molecular complexity index is 1030. The lowest BCUT2D eigenvalue weighted by Crippen LogP contribution is -2.27. The van der Waals surface area contributed by atoms with Crippen molar-refractivity contribution >= 4 is 33.3 Å². The van der Waals surface area contributed by atoms with Gasteiger partial charge in [0.15, 0.2) is 0 Å². The van der Waals surface area contributed by atoms with Crippen LogP contribution in [0.4, 0.5) is 0 Å². The molecule has 3 aromatic rings. The number of nitrogens with zero attached hydrogens (tertiary/aromatic N) is 2. The number of hydrogen-bond acceptors (Lipinski definition) is 3. The van der Waals surface area contributed by atoms with Gasteiger partial charge in [-0.05, 0) is 49.6 Å². The summed E-state index contributed by atoms with van der Waals surface area (Å²) in [5.74, 6) is 0. The summed E-state index contributed by atoms with van der Waals surface area (Å²) in [5.41, 5.74) is 3.90. The zero-order valence-corrected chi connectivity index (χ0v) is 16.2. The number of halogens is 1. The number of benzene rings is 2. The zero-order chi connectivity index (χ0) is 17.4. The summed E-state index contributed by atoms with van der Waals surface area (Å²) in [6.45, 7) is 3.31. The molecule has 1 fully saturated rings. The van der Waals surface area contributed by atoms with Gasteiger partial charge >= 0.3 is 0 Å². The van der Waals surface area contributed by atoms with E-state index in [1.165, 1.54) is 0 Å². The second-order valence-corrected chi connectivity index (χ2v) is 8.42. The third-order valence-corrected chi connectivity index (χ3v) is 6.69. The summed E-state index contributed by atoms with van der Waals surface area (Å²) in [6, 6.07) is 17.2. The van der Waals surface area contributed by atoms with Crippen molar-refractivity contribution in [3.05, 3.63) is 60.2 Å². The minimum Gasteiger partial charge on any atom is -0.248 e. The van der Waals surface area contributed by atoms with Gasteiger partial charge in [-0.3, -0.25) is 0 Å². The minimum absolute atomic E-state index is 0. The Balaban J connectivity index is 0.00000196. The summed E-state index contributed by atoms with van der Waals surface area (Å²) in [4.78, 5) is 5.07. The topological polar surface area (TPSA) is 50.3 Å². The van der Waals surface area contributed by atoms with Gasteiger partial charge < -0.3 is 0 Å². The molecule has 0 unspecified atom stereocenters. The molecule has 0 amide bonds. The number of para-hydroxylation sites is 1. The Morgan fingerprint density at radius 3 is 2.31 bits per heavy atom. The average Bonchev–Trinajstić information content (AvgIpc) is 3.17. The molecule has 1 saturated heterocycles. The van der Waals surface area contributed by atoms with E-state index in [2.05, 4.69) is 13.0 Å². The number of pyridine rings is 1. The standard InChI is InChI=1S/C20H20N2O2S.ClH/c1-15-14-20(21-19-7-3-2-6-18(15)19)16-8-10-17(11-9-16)25(23,24)22-12-4-5-13-22;/h2-3,6-11,14H,4-5,12-13H2,1H3;1H. The van der Waals surface area contributed by atoms with E-state index in [-0.39, 0.29) is 12.4 Å². The van der Waals surface area contributed by atoms with E-state index in [1.54, 1.807) is 16.4 Å². The van der Waals surface area contributed by atoms with Crippen molar-refractivity contribution in [2.75, 3.05) is 13.1 Å². The Morgan fingerprint density at radius 2 is 1.62 bits per heavy atom. The van der Waals surface area contributed by atoms with E-state index in [9.17, 15) is 8.42 Å². The minimum atomic E-state index is -3.37. The van der Waals surface area contributed by atoms with Crippen LogP contribution in [0.15, 0.2) is 59.5 Å². The van der Waals surface area contributed by atoms with E-state index < -0.39 is 10.0 Å². The fourth-order valence-electron chi connectivity index (χ4n) is 3.37. The molecular weight excluding hydrogens is 368 g/mol. The maximum atomic E-state index is 12.6. The second kappa shape index (κ2) is 7.35. The lowest BCUT2D eigenvalue weighted by atomic mass is 10.1. The average molecular weight is 389 g/mol. The first kappa shape index (κ1) is 18.8. The van der Waals surface area contributed by atoms with Crippen molar-refractivity contribution in [2.45, 2.75) is 24.7 Å². The van der Waals surface area contributed by atoms with E-state index in [1.807, 2.05) is 36.4 Å². The fraction of sp³-hybridized carbons (Fsp3) is 0.250. The van der Waals surface area contributed by atoms with Crippen LogP contribution in [0, 0.1) is 6.92 Å². The van der Waals surface area contributed by atoms with Gasteiger partial charge in [-0.2, -0.15) is 4.31 Å². The number of aryl methyl sites for hydroxylation is 1. The van der Waals surface area contributed by atoms with Crippen LogP contribution in [-0.2, 0) is 10.0 Å². The van der Waals surface area contributed by atoms with Crippen molar-refractivity contribution in [3.63, 3.8) is 0 Å². The van der Waals surface area contributed by atoms with Gasteiger partial charge in [0.25, 0.3) is 0 Å². The molecule has 2 aromatic carbocycles. The molecule has 4 nitrogen and oxygen atoms in total. The molecule has 1 aliphatic rings. The normalized spacial score (nSPS) is 15.1. The van der Waals surface area contributed by atoms with E-state index >= 15 is 0 Å². The lowest BCUT2D eigenvalue weighted by Gasteiger charge is -2.15. The molecule has 0 atom stereocenters. The van der Waals surface area contributed by atoms with Crippen LogP contribution in [0.25, 0.3) is 22.2 Å². The van der Waals surface area contributed by atoms with E-state index in [0.29, 0.717) is 18.0 Å². The quantitative estimate of drug-likeness (QED) is 0.667. The van der Waals surface area contributed by atoms with Gasteiger partial charge in [0.05, 0.1) is 16.1 Å². The number of hydrogen-bond donors (Lipinski definition) is 0. The molecule has 1 aromatic heterocycles. The summed E-state index contributed by atoms with van der Waals surface area (Å²) >= 11 is 0. The lowest BCUT2D eigenvalue weighted by molar-refractivity contribution is 0.477. The highest BCUT2D eigenvalue weighted by Gasteiger charge is 2.26. The summed E-state index contributed by atoms with van der Waals surface area (Å²) in [6.07, 6.45) is 1.88. The molecule has 4 rings (SSSR count). The Kier molecular flexibility index (Phi) is 5.32. The number of fused-ring (bicyclic) bond motifs is 1. The van der Waals surface area contributed by atoms with Crippen molar-refractivity contribution in [3.8, 4) is 11.3 Å². The predicted octanol–water partition coefficient (Wildman–Crippen LogP) is 4.42. The molecule has 0 spiro atoms. The maximum Gasteiger partial charge on any atom is 0.243 e. The molecular formula is C20H21ClN2O2S. The third-order valence-electron chi connectivity index (χ3n) is 4.78. The number of aromatic nitrogens is 1. The summed E-state index contributed by atoms with van der Waals surface area (Å²) < 4.78 is 26.8. The smallest absolute Gasteiger partial charge is 0.243 e. The molecule has 0 N–H and O–H groups in total. The molecule has 136 valence electrons. The highest BCUT2D eigenvalue weighted by atomic mass is 35.5. The molecule has 0 aliphatic carbocycles. The van der Waals surface area contributed by atoms with Crippen molar-refractivity contribution in [2.24, 2.45) is 0 Å². The summed E-state index contributed by atoms with van der Waals surface area (Å²) in [7, 11) is -3.37. The highest BCUT2D eigenvalue weighted by molar-refractivity contribution is 7.89. The number of sulfonamides is 1. The molecule has 26 heavy (non-hydrogen) atoms. The second-order valence-electron chi connectivity index (χ2n) is 6.48. The molecule has 0 bridgehead atoms. The van der Waals surface area contributed by atoms with E-state index in [0.717, 1.165) is 40.6 Å². The van der Waals surface area contributed by atoms with Crippen LogP contribution < -0.4 is 0 Å². The van der Waals surface area contributed by atoms with Gasteiger partial charge in [0, 0.05) is 24.0 Å². The Labute approximate surface area is 160 Å². The monoisotopic (exact) mass is 388 g/mol. The molecule has 2 heterocycles. The SMILES string of the molecule is Cc1cc(-c2ccc(S(=O)(=O)N3CCCC3)cc2)nc2ccccc12.Cl. The first-order valence-electron chi connectivity index (χ1n) is 8.53. The van der Waals surface area contributed by atoms with Crippen molar-refractivity contribution in [1.29, 1.82) is 0 Å². The molecule has 6 heteroatoms. The Hall–Kier alpha value is -1.95. The van der Waals surface area contributed by atoms with Crippen LogP contribution >= 0.6 is 12.4 Å². The van der Waals surface area contributed by atoms with Crippen molar-refractivity contribution < 1.29 is 8.42 Å². The fourth-order valence-corrected chi connectivity index (χ4v) is 4.89. The van der Waals surface area contributed by atoms with E-state index in [4.69, 9.17) is 4.98 Å². The first-order chi connectivity index (χ1) is 12.1. The van der Waals surface area contributed by atoms with Gasteiger partial charge in [0.2, 0.25) is 10.0 Å². The predicted molar refractivity (Wildman–Crippen MR) is 107 cm³/mol. The van der Waals surface area contributed by atoms with Crippen LogP contribution in [0.3, 0.4) is 0 Å². The molecule has 0 saturated carbocycles. The first-order valence-corrected chi connectivity index (χ1v) is 9.97. The maximum absolute atomic E-state index is 12.6. The van der Waals surface area contributed by atoms with Gasteiger partial charge in [-0.1, -0.05) is 30.3 Å². The van der Waals surface area contributed by atoms with Gasteiger partial charge in [-0.25, -0.2) is 13.4 Å². The van der Waals surface area contributed by atoms with Crippen LogP contribution in [0.2, 0.25) is 0 Å². The molecule has 1 aliphatic heterocycles. The van der Waals surface area contributed by atoms with Crippen LogP contribution in [0.5, 0.6) is 0 Å². The number of rotatable bonds is 3. The summed E-state index contributed by atoms with van der Waals surface area (Å²) in [5, 5.41) is 1.14. The third kappa shape index (κ3) is 3.34.